The quantitative estimate of drug-likeness (QED) is 0.393. The van der Waals surface area contributed by atoms with Gasteiger partial charge in [-0.15, -0.1) is 24.0 Å². The molecule has 0 aromatic rings. The molecule has 0 saturated carbocycles. The highest BCUT2D eigenvalue weighted by atomic mass is 127. The number of piperidine rings is 1. The smallest absolute Gasteiger partial charge is 0.193 e. The van der Waals surface area contributed by atoms with E-state index in [-0.39, 0.29) is 24.0 Å². The van der Waals surface area contributed by atoms with E-state index in [1.165, 1.54) is 51.1 Å². The fourth-order valence-corrected chi connectivity index (χ4v) is 4.65. The molecule has 0 aromatic heterocycles. The van der Waals surface area contributed by atoms with Crippen molar-refractivity contribution in [2.24, 2.45) is 10.9 Å². The molecule has 1 unspecified atom stereocenters. The van der Waals surface area contributed by atoms with Crippen LogP contribution in [-0.4, -0.2) is 73.1 Å². The summed E-state index contributed by atoms with van der Waals surface area (Å²) in [5.74, 6) is 3.24. The van der Waals surface area contributed by atoms with Crippen LogP contribution in [0.3, 0.4) is 0 Å². The molecule has 136 valence electrons. The molecule has 0 spiro atoms. The molecular weight excluding hydrogens is 419 g/mol. The van der Waals surface area contributed by atoms with Crippen LogP contribution in [0.5, 0.6) is 0 Å². The maximum atomic E-state index is 4.50. The van der Waals surface area contributed by atoms with E-state index in [9.17, 15) is 0 Å². The molecule has 4 nitrogen and oxygen atoms in total. The lowest BCUT2D eigenvalue weighted by atomic mass is 9.93. The largest absolute Gasteiger partial charge is 0.356 e. The number of hydrogen-bond donors (Lipinski definition) is 1. The van der Waals surface area contributed by atoms with Gasteiger partial charge in [0.25, 0.3) is 0 Å². The Morgan fingerprint density at radius 2 is 1.96 bits per heavy atom. The summed E-state index contributed by atoms with van der Waals surface area (Å²) in [4.78, 5) is 9.52. The summed E-state index contributed by atoms with van der Waals surface area (Å²) in [6.07, 6.45) is 5.28. The first-order chi connectivity index (χ1) is 10.8. The number of guanidine groups is 1. The van der Waals surface area contributed by atoms with Gasteiger partial charge in [0, 0.05) is 37.7 Å². The molecule has 0 aromatic carbocycles. The molecule has 6 heteroatoms. The average Bonchev–Trinajstić information content (AvgIpc) is 2.59. The van der Waals surface area contributed by atoms with Gasteiger partial charge in [-0.3, -0.25) is 4.99 Å². The lowest BCUT2D eigenvalue weighted by Gasteiger charge is -2.35. The summed E-state index contributed by atoms with van der Waals surface area (Å²) in [5.41, 5.74) is 0. The van der Waals surface area contributed by atoms with Crippen molar-refractivity contribution >= 4 is 41.7 Å². The number of likely N-dealkylation sites (tertiary alicyclic amines) is 1. The SMILES string of the molecule is CCC1CN(C(=NC)NCCC2CCN(CC)CC2)CCS1.I. The Labute approximate surface area is 164 Å². The third-order valence-electron chi connectivity index (χ3n) is 5.10. The Bertz CT molecular complexity index is 345. The van der Waals surface area contributed by atoms with Gasteiger partial charge in [-0.1, -0.05) is 13.8 Å². The first-order valence-corrected chi connectivity index (χ1v) is 10.1. The molecule has 2 rings (SSSR count). The maximum absolute atomic E-state index is 4.50. The minimum Gasteiger partial charge on any atom is -0.356 e. The zero-order valence-corrected chi connectivity index (χ0v) is 18.2. The highest BCUT2D eigenvalue weighted by Gasteiger charge is 2.22. The first kappa shape index (κ1) is 21.4. The molecule has 1 atom stereocenters. The number of halogens is 1. The molecule has 2 aliphatic rings. The van der Waals surface area contributed by atoms with Gasteiger partial charge < -0.3 is 15.1 Å². The molecule has 2 saturated heterocycles. The summed E-state index contributed by atoms with van der Waals surface area (Å²) >= 11 is 2.11. The number of thioether (sulfide) groups is 1. The van der Waals surface area contributed by atoms with Gasteiger partial charge in [0.2, 0.25) is 0 Å². The zero-order chi connectivity index (χ0) is 15.8. The number of aliphatic imine (C=N–C) groups is 1. The van der Waals surface area contributed by atoms with Crippen LogP contribution in [0.4, 0.5) is 0 Å². The van der Waals surface area contributed by atoms with E-state index in [1.54, 1.807) is 0 Å². The molecule has 2 heterocycles. The van der Waals surface area contributed by atoms with Crippen LogP contribution >= 0.6 is 35.7 Å². The monoisotopic (exact) mass is 454 g/mol. The van der Waals surface area contributed by atoms with Crippen molar-refractivity contribution < 1.29 is 0 Å². The lowest BCUT2D eigenvalue weighted by Crippen LogP contribution is -2.48. The second-order valence-corrected chi connectivity index (χ2v) is 7.90. The van der Waals surface area contributed by atoms with E-state index in [0.29, 0.717) is 0 Å². The average molecular weight is 454 g/mol. The molecular formula is C17H35IN4S. The standard InChI is InChI=1S/C17H34N4S.HI/c1-4-16-14-21(12-13-22-16)17(18-3)19-9-6-15-7-10-20(5-2)11-8-15;/h15-16H,4-14H2,1-3H3,(H,18,19);1H. The van der Waals surface area contributed by atoms with Gasteiger partial charge in [-0.05, 0) is 51.2 Å². The van der Waals surface area contributed by atoms with E-state index in [2.05, 4.69) is 45.7 Å². The summed E-state index contributed by atoms with van der Waals surface area (Å²) in [6, 6.07) is 0. The van der Waals surface area contributed by atoms with Gasteiger partial charge in [-0.2, -0.15) is 11.8 Å². The van der Waals surface area contributed by atoms with Crippen LogP contribution in [0.2, 0.25) is 0 Å². The second kappa shape index (κ2) is 11.8. The third kappa shape index (κ3) is 6.98. The van der Waals surface area contributed by atoms with Crippen molar-refractivity contribution in [2.45, 2.75) is 44.8 Å². The van der Waals surface area contributed by atoms with Crippen molar-refractivity contribution in [3.05, 3.63) is 0 Å². The summed E-state index contributed by atoms with van der Waals surface area (Å²) in [7, 11) is 1.92. The van der Waals surface area contributed by atoms with Crippen LogP contribution < -0.4 is 5.32 Å². The van der Waals surface area contributed by atoms with Crippen molar-refractivity contribution in [1.29, 1.82) is 0 Å². The highest BCUT2D eigenvalue weighted by Crippen LogP contribution is 2.22. The second-order valence-electron chi connectivity index (χ2n) is 6.49. The fourth-order valence-electron chi connectivity index (χ4n) is 3.47. The van der Waals surface area contributed by atoms with Crippen LogP contribution in [-0.2, 0) is 0 Å². The minimum atomic E-state index is 0. The Hall–Kier alpha value is 0.310. The Morgan fingerprint density at radius 1 is 1.22 bits per heavy atom. The van der Waals surface area contributed by atoms with Gasteiger partial charge in [0.1, 0.15) is 0 Å². The Morgan fingerprint density at radius 3 is 2.57 bits per heavy atom. The zero-order valence-electron chi connectivity index (χ0n) is 15.1. The van der Waals surface area contributed by atoms with Crippen molar-refractivity contribution in [1.82, 2.24) is 15.1 Å². The van der Waals surface area contributed by atoms with Crippen LogP contribution in [0.25, 0.3) is 0 Å². The molecule has 2 fully saturated rings. The van der Waals surface area contributed by atoms with Gasteiger partial charge in [-0.25, -0.2) is 0 Å². The van der Waals surface area contributed by atoms with E-state index >= 15 is 0 Å². The third-order valence-corrected chi connectivity index (χ3v) is 6.47. The molecule has 0 aliphatic carbocycles. The number of nitrogens with zero attached hydrogens (tertiary/aromatic N) is 3. The predicted octanol–water partition coefficient (Wildman–Crippen LogP) is 3.13. The molecule has 2 aliphatic heterocycles. The molecule has 0 bridgehead atoms. The van der Waals surface area contributed by atoms with E-state index in [1.807, 2.05) is 7.05 Å². The van der Waals surface area contributed by atoms with Crippen molar-refractivity contribution in [2.75, 3.05) is 52.1 Å². The molecule has 0 radical (unpaired) electrons. The number of hydrogen-bond acceptors (Lipinski definition) is 3. The normalized spacial score (nSPS) is 24.4. The summed E-state index contributed by atoms with van der Waals surface area (Å²) in [6.45, 7) is 11.7. The molecule has 0 amide bonds. The summed E-state index contributed by atoms with van der Waals surface area (Å²) in [5, 5.41) is 4.38. The Kier molecular flexibility index (Phi) is 10.9. The number of nitrogens with one attached hydrogen (secondary N) is 1. The Balaban J connectivity index is 0.00000264. The fraction of sp³-hybridized carbons (Fsp3) is 0.941. The molecule has 23 heavy (non-hydrogen) atoms. The van der Waals surface area contributed by atoms with Crippen LogP contribution in [0.1, 0.15) is 39.5 Å². The minimum absolute atomic E-state index is 0. The van der Waals surface area contributed by atoms with Gasteiger partial charge >= 0.3 is 0 Å². The topological polar surface area (TPSA) is 30.9 Å². The van der Waals surface area contributed by atoms with Crippen molar-refractivity contribution in [3.8, 4) is 0 Å². The number of rotatable bonds is 5. The molecule has 1 N–H and O–H groups in total. The lowest BCUT2D eigenvalue weighted by molar-refractivity contribution is 0.187. The van der Waals surface area contributed by atoms with Gasteiger partial charge in [0.15, 0.2) is 5.96 Å². The van der Waals surface area contributed by atoms with Crippen LogP contribution in [0.15, 0.2) is 4.99 Å². The maximum Gasteiger partial charge on any atom is 0.193 e. The van der Waals surface area contributed by atoms with Crippen LogP contribution in [0, 0.1) is 5.92 Å². The predicted molar refractivity (Wildman–Crippen MR) is 114 cm³/mol. The highest BCUT2D eigenvalue weighted by molar-refractivity contribution is 14.0. The van der Waals surface area contributed by atoms with Crippen molar-refractivity contribution in [3.63, 3.8) is 0 Å². The van der Waals surface area contributed by atoms with E-state index < -0.39 is 0 Å². The summed E-state index contributed by atoms with van der Waals surface area (Å²) < 4.78 is 0. The van der Waals surface area contributed by atoms with E-state index in [0.717, 1.165) is 36.8 Å². The first-order valence-electron chi connectivity index (χ1n) is 9.06. The van der Waals surface area contributed by atoms with E-state index in [4.69, 9.17) is 0 Å². The van der Waals surface area contributed by atoms with Gasteiger partial charge in [0.05, 0.1) is 0 Å².